The van der Waals surface area contributed by atoms with Gasteiger partial charge < -0.3 is 9.73 Å². The summed E-state index contributed by atoms with van der Waals surface area (Å²) in [4.78, 5) is 11.2. The van der Waals surface area contributed by atoms with Crippen molar-refractivity contribution in [2.45, 2.75) is 12.8 Å². The summed E-state index contributed by atoms with van der Waals surface area (Å²) < 4.78 is 5.27. The quantitative estimate of drug-likeness (QED) is 0.687. The lowest BCUT2D eigenvalue weighted by atomic mass is 10.0. The number of hydrogen-bond donors (Lipinski definition) is 1. The fourth-order valence-corrected chi connectivity index (χ4v) is 1.90. The average molecular weight is 187 g/mol. The van der Waals surface area contributed by atoms with Crippen molar-refractivity contribution in [1.82, 2.24) is 0 Å². The van der Waals surface area contributed by atoms with Crippen molar-refractivity contribution in [3.05, 3.63) is 30.0 Å². The lowest BCUT2D eigenvalue weighted by molar-refractivity contribution is -0.116. The Morgan fingerprint density at radius 2 is 2.14 bits per heavy atom. The van der Waals surface area contributed by atoms with Gasteiger partial charge in [-0.1, -0.05) is 6.07 Å². The van der Waals surface area contributed by atoms with E-state index in [0.29, 0.717) is 6.42 Å². The molecule has 2 heterocycles. The van der Waals surface area contributed by atoms with Crippen LogP contribution in [0.3, 0.4) is 0 Å². The zero-order valence-corrected chi connectivity index (χ0v) is 7.54. The number of rotatable bonds is 0. The molecule has 3 heteroatoms. The largest absolute Gasteiger partial charge is 0.464 e. The summed E-state index contributed by atoms with van der Waals surface area (Å²) in [6.45, 7) is 0. The van der Waals surface area contributed by atoms with Gasteiger partial charge in [0.25, 0.3) is 0 Å². The van der Waals surface area contributed by atoms with Gasteiger partial charge in [0.1, 0.15) is 5.58 Å². The Morgan fingerprint density at radius 1 is 1.21 bits per heavy atom. The predicted octanol–water partition coefficient (Wildman–Crippen LogP) is 2.32. The van der Waals surface area contributed by atoms with Gasteiger partial charge in [-0.05, 0) is 24.1 Å². The van der Waals surface area contributed by atoms with Crippen LogP contribution >= 0.6 is 0 Å². The third-order valence-electron chi connectivity index (χ3n) is 2.61. The molecular weight excluding hydrogens is 178 g/mol. The topological polar surface area (TPSA) is 42.2 Å². The second kappa shape index (κ2) is 2.61. The number of benzene rings is 1. The standard InChI is InChI=1S/C11H9NO2/c13-10-4-2-7-1-3-9-8(5-6-14-9)11(7)12-10/h1,3,5-6H,2,4H2,(H,12,13). The molecule has 0 atom stereocenters. The van der Waals surface area contributed by atoms with Crippen LogP contribution in [0.15, 0.2) is 28.9 Å². The smallest absolute Gasteiger partial charge is 0.224 e. The van der Waals surface area contributed by atoms with Crippen LogP contribution in [0.2, 0.25) is 0 Å². The normalized spacial score (nSPS) is 15.3. The van der Waals surface area contributed by atoms with Gasteiger partial charge in [0, 0.05) is 11.8 Å². The number of anilines is 1. The molecule has 1 aliphatic heterocycles. The SMILES string of the molecule is O=C1CCc2ccc3occc3c2N1. The number of furan rings is 1. The van der Waals surface area contributed by atoms with Gasteiger partial charge in [0.15, 0.2) is 0 Å². The summed E-state index contributed by atoms with van der Waals surface area (Å²) in [5.41, 5.74) is 2.94. The molecule has 3 rings (SSSR count). The van der Waals surface area contributed by atoms with Gasteiger partial charge in [-0.25, -0.2) is 0 Å². The lowest BCUT2D eigenvalue weighted by Gasteiger charge is -2.16. The Bertz CT molecular complexity index is 513. The molecule has 0 bridgehead atoms. The molecule has 1 N–H and O–H groups in total. The van der Waals surface area contributed by atoms with Crippen molar-refractivity contribution in [3.63, 3.8) is 0 Å². The summed E-state index contributed by atoms with van der Waals surface area (Å²) in [5, 5.41) is 3.89. The van der Waals surface area contributed by atoms with E-state index >= 15 is 0 Å². The monoisotopic (exact) mass is 187 g/mol. The Morgan fingerprint density at radius 3 is 3.07 bits per heavy atom. The lowest BCUT2D eigenvalue weighted by Crippen LogP contribution is -2.18. The number of hydrogen-bond acceptors (Lipinski definition) is 2. The maximum Gasteiger partial charge on any atom is 0.224 e. The molecule has 0 saturated carbocycles. The Balaban J connectivity index is 2.31. The van der Waals surface area contributed by atoms with Crippen LogP contribution in [0.25, 0.3) is 11.0 Å². The molecule has 0 fully saturated rings. The van der Waals surface area contributed by atoms with Crippen LogP contribution in [0, 0.1) is 0 Å². The van der Waals surface area contributed by atoms with Gasteiger partial charge in [-0.3, -0.25) is 4.79 Å². The summed E-state index contributed by atoms with van der Waals surface area (Å²) in [6, 6.07) is 5.85. The van der Waals surface area contributed by atoms with Crippen LogP contribution in [-0.4, -0.2) is 5.91 Å². The van der Waals surface area contributed by atoms with Gasteiger partial charge in [0.2, 0.25) is 5.91 Å². The molecule has 0 saturated heterocycles. The minimum atomic E-state index is 0.0891. The molecule has 0 aliphatic carbocycles. The Labute approximate surface area is 80.7 Å². The average Bonchev–Trinajstić information content (AvgIpc) is 2.65. The van der Waals surface area contributed by atoms with Gasteiger partial charge >= 0.3 is 0 Å². The number of amides is 1. The third-order valence-corrected chi connectivity index (χ3v) is 2.61. The second-order valence-electron chi connectivity index (χ2n) is 3.48. The van der Waals surface area contributed by atoms with Crippen molar-refractivity contribution in [2.75, 3.05) is 5.32 Å². The van der Waals surface area contributed by atoms with Crippen molar-refractivity contribution < 1.29 is 9.21 Å². The highest BCUT2D eigenvalue weighted by molar-refractivity contribution is 6.03. The number of aryl methyl sites for hydroxylation is 1. The third kappa shape index (κ3) is 0.954. The predicted molar refractivity (Wildman–Crippen MR) is 53.2 cm³/mol. The van der Waals surface area contributed by atoms with E-state index in [-0.39, 0.29) is 5.91 Å². The zero-order valence-electron chi connectivity index (χ0n) is 7.54. The maximum atomic E-state index is 11.2. The number of nitrogens with one attached hydrogen (secondary N) is 1. The molecule has 0 spiro atoms. The Kier molecular flexibility index (Phi) is 1.42. The van der Waals surface area contributed by atoms with E-state index in [4.69, 9.17) is 4.42 Å². The van der Waals surface area contributed by atoms with E-state index in [0.717, 1.165) is 23.1 Å². The van der Waals surface area contributed by atoms with Crippen molar-refractivity contribution >= 4 is 22.6 Å². The van der Waals surface area contributed by atoms with E-state index in [2.05, 4.69) is 5.32 Å². The van der Waals surface area contributed by atoms with Crippen LogP contribution in [0.5, 0.6) is 0 Å². The highest BCUT2D eigenvalue weighted by atomic mass is 16.3. The maximum absolute atomic E-state index is 11.2. The summed E-state index contributed by atoms with van der Waals surface area (Å²) >= 11 is 0. The van der Waals surface area contributed by atoms with Gasteiger partial charge in [-0.2, -0.15) is 0 Å². The molecule has 70 valence electrons. The second-order valence-corrected chi connectivity index (χ2v) is 3.48. The minimum absolute atomic E-state index is 0.0891. The molecule has 14 heavy (non-hydrogen) atoms. The molecule has 0 unspecified atom stereocenters. The van der Waals surface area contributed by atoms with Crippen LogP contribution < -0.4 is 5.32 Å². The highest BCUT2D eigenvalue weighted by Crippen LogP contribution is 2.31. The highest BCUT2D eigenvalue weighted by Gasteiger charge is 2.17. The van der Waals surface area contributed by atoms with Gasteiger partial charge in [0.05, 0.1) is 12.0 Å². The van der Waals surface area contributed by atoms with Crippen molar-refractivity contribution in [2.24, 2.45) is 0 Å². The van der Waals surface area contributed by atoms with E-state index < -0.39 is 0 Å². The molecule has 2 aromatic rings. The first kappa shape index (κ1) is 7.62. The summed E-state index contributed by atoms with van der Waals surface area (Å²) in [7, 11) is 0. The number of fused-ring (bicyclic) bond motifs is 3. The first-order chi connectivity index (χ1) is 6.84. The van der Waals surface area contributed by atoms with E-state index in [9.17, 15) is 4.79 Å². The van der Waals surface area contributed by atoms with Gasteiger partial charge in [-0.15, -0.1) is 0 Å². The molecule has 3 nitrogen and oxygen atoms in total. The summed E-state index contributed by atoms with van der Waals surface area (Å²) in [5.74, 6) is 0.0891. The molecule has 1 aromatic heterocycles. The van der Waals surface area contributed by atoms with Crippen LogP contribution in [0.1, 0.15) is 12.0 Å². The molecular formula is C11H9NO2. The van der Waals surface area contributed by atoms with E-state index in [1.807, 2.05) is 18.2 Å². The van der Waals surface area contributed by atoms with E-state index in [1.54, 1.807) is 6.26 Å². The van der Waals surface area contributed by atoms with Crippen molar-refractivity contribution in [1.29, 1.82) is 0 Å². The molecule has 1 aliphatic rings. The molecule has 1 aromatic carbocycles. The van der Waals surface area contributed by atoms with E-state index in [1.165, 1.54) is 5.56 Å². The number of carbonyl (C=O) groups excluding carboxylic acids is 1. The Hall–Kier alpha value is -1.77. The molecule has 1 amide bonds. The van der Waals surface area contributed by atoms with Crippen molar-refractivity contribution in [3.8, 4) is 0 Å². The van der Waals surface area contributed by atoms with Crippen LogP contribution in [0.4, 0.5) is 5.69 Å². The zero-order chi connectivity index (χ0) is 9.54. The van der Waals surface area contributed by atoms with Crippen LogP contribution in [-0.2, 0) is 11.2 Å². The number of carbonyl (C=O) groups is 1. The fraction of sp³-hybridized carbons (Fsp3) is 0.182. The summed E-state index contributed by atoms with van der Waals surface area (Å²) in [6.07, 6.45) is 3.05. The first-order valence-corrected chi connectivity index (χ1v) is 4.63. The first-order valence-electron chi connectivity index (χ1n) is 4.63. The minimum Gasteiger partial charge on any atom is -0.464 e. The molecule has 0 radical (unpaired) electrons. The fourth-order valence-electron chi connectivity index (χ4n) is 1.90.